The van der Waals surface area contributed by atoms with Crippen molar-refractivity contribution >= 4 is 17.5 Å². The van der Waals surface area contributed by atoms with Gasteiger partial charge in [-0.1, -0.05) is 13.8 Å². The summed E-state index contributed by atoms with van der Waals surface area (Å²) >= 11 is 0. The molecular weight excluding hydrogens is 216 g/mol. The van der Waals surface area contributed by atoms with E-state index in [9.17, 15) is 19.5 Å². The van der Waals surface area contributed by atoms with Crippen molar-refractivity contribution in [2.75, 3.05) is 6.61 Å². The number of carbonyl (C=O) groups is 3. The van der Waals surface area contributed by atoms with Gasteiger partial charge in [-0.2, -0.15) is 0 Å². The first-order valence-electron chi connectivity index (χ1n) is 4.84. The Hall–Kier alpha value is -1.27. The van der Waals surface area contributed by atoms with E-state index in [-0.39, 0.29) is 0 Å². The van der Waals surface area contributed by atoms with Gasteiger partial charge in [-0.05, 0) is 0 Å². The van der Waals surface area contributed by atoms with E-state index in [1.165, 1.54) is 13.8 Å². The summed E-state index contributed by atoms with van der Waals surface area (Å²) in [6.45, 7) is 2.14. The zero-order chi connectivity index (χ0) is 12.9. The monoisotopic (exact) mass is 232 g/mol. The molecule has 0 aliphatic rings. The average Bonchev–Trinajstić information content (AvgIpc) is 2.14. The first kappa shape index (κ1) is 14.7. The number of aliphatic carboxylic acids is 1. The number of hydrogen-bond acceptors (Lipinski definition) is 5. The molecule has 0 radical (unpaired) electrons. The molecule has 0 fully saturated rings. The van der Waals surface area contributed by atoms with Crippen LogP contribution in [-0.2, 0) is 14.4 Å². The standard InChI is InChI=1S/C10H16O6/c1-6(2)9(15)10(16,5-11)4-7(12)3-8(13)14/h6,11,16H,3-5H2,1-2H3,(H,13,14)/t10-/m0/s1. The molecule has 0 bridgehead atoms. The predicted molar refractivity (Wildman–Crippen MR) is 53.8 cm³/mol. The van der Waals surface area contributed by atoms with Gasteiger partial charge in [0.15, 0.2) is 11.4 Å². The zero-order valence-electron chi connectivity index (χ0n) is 9.27. The van der Waals surface area contributed by atoms with Crippen molar-refractivity contribution < 1.29 is 29.7 Å². The molecule has 16 heavy (non-hydrogen) atoms. The molecule has 0 heterocycles. The molecule has 1 atom stereocenters. The summed E-state index contributed by atoms with van der Waals surface area (Å²) in [5, 5.41) is 27.0. The maximum atomic E-state index is 11.5. The van der Waals surface area contributed by atoms with Crippen LogP contribution in [0.5, 0.6) is 0 Å². The van der Waals surface area contributed by atoms with Crippen molar-refractivity contribution in [2.24, 2.45) is 5.92 Å². The SMILES string of the molecule is CC(C)C(=O)[C@@](O)(CO)CC(=O)CC(=O)O. The number of aliphatic hydroxyl groups excluding tert-OH is 1. The summed E-state index contributed by atoms with van der Waals surface area (Å²) in [4.78, 5) is 32.9. The van der Waals surface area contributed by atoms with E-state index in [1.54, 1.807) is 0 Å². The molecule has 0 aliphatic heterocycles. The van der Waals surface area contributed by atoms with E-state index >= 15 is 0 Å². The van der Waals surface area contributed by atoms with Crippen LogP contribution in [0.1, 0.15) is 26.7 Å². The van der Waals surface area contributed by atoms with Crippen molar-refractivity contribution in [1.29, 1.82) is 0 Å². The lowest BCUT2D eigenvalue weighted by atomic mass is 9.86. The lowest BCUT2D eigenvalue weighted by Gasteiger charge is -2.25. The number of carboxylic acid groups (broad SMARTS) is 1. The van der Waals surface area contributed by atoms with Gasteiger partial charge < -0.3 is 15.3 Å². The topological polar surface area (TPSA) is 112 Å². The Morgan fingerprint density at radius 3 is 2.06 bits per heavy atom. The largest absolute Gasteiger partial charge is 0.481 e. The van der Waals surface area contributed by atoms with Gasteiger partial charge in [-0.25, -0.2) is 0 Å². The minimum atomic E-state index is -2.17. The van der Waals surface area contributed by atoms with E-state index in [0.717, 1.165) is 0 Å². The molecule has 0 aromatic rings. The molecule has 0 spiro atoms. The Balaban J connectivity index is 4.66. The number of rotatable bonds is 7. The molecule has 0 rings (SSSR count). The molecule has 6 heteroatoms. The fourth-order valence-electron chi connectivity index (χ4n) is 1.32. The Kier molecular flexibility index (Phi) is 5.26. The third-order valence-corrected chi connectivity index (χ3v) is 2.08. The van der Waals surface area contributed by atoms with Crippen LogP contribution in [-0.4, -0.2) is 45.1 Å². The molecule has 92 valence electrons. The maximum absolute atomic E-state index is 11.5. The number of aliphatic hydroxyl groups is 2. The highest BCUT2D eigenvalue weighted by molar-refractivity contribution is 5.99. The van der Waals surface area contributed by atoms with Gasteiger partial charge in [0.2, 0.25) is 0 Å². The van der Waals surface area contributed by atoms with E-state index < -0.39 is 48.5 Å². The number of Topliss-reactive ketones (excluding diaryl/α,β-unsaturated/α-hetero) is 2. The van der Waals surface area contributed by atoms with E-state index in [2.05, 4.69) is 0 Å². The van der Waals surface area contributed by atoms with E-state index in [0.29, 0.717) is 0 Å². The average molecular weight is 232 g/mol. The zero-order valence-corrected chi connectivity index (χ0v) is 9.27. The molecule has 0 aliphatic carbocycles. The molecule has 3 N–H and O–H groups in total. The van der Waals surface area contributed by atoms with Gasteiger partial charge in [0, 0.05) is 12.3 Å². The molecule has 0 aromatic heterocycles. The van der Waals surface area contributed by atoms with Gasteiger partial charge in [-0.3, -0.25) is 14.4 Å². The maximum Gasteiger partial charge on any atom is 0.310 e. The quantitative estimate of drug-likeness (QED) is 0.504. The molecule has 0 aromatic carbocycles. The molecule has 0 unspecified atom stereocenters. The summed E-state index contributed by atoms with van der Waals surface area (Å²) < 4.78 is 0. The Labute approximate surface area is 92.9 Å². The van der Waals surface area contributed by atoms with Crippen molar-refractivity contribution in [2.45, 2.75) is 32.3 Å². The van der Waals surface area contributed by atoms with Crippen LogP contribution >= 0.6 is 0 Å². The minimum absolute atomic E-state index is 0.547. The number of ketones is 2. The first-order chi connectivity index (χ1) is 7.23. The lowest BCUT2D eigenvalue weighted by molar-refractivity contribution is -0.151. The summed E-state index contributed by atoms with van der Waals surface area (Å²) in [7, 11) is 0. The molecule has 0 saturated carbocycles. The first-order valence-corrected chi connectivity index (χ1v) is 4.84. The van der Waals surface area contributed by atoms with Crippen molar-refractivity contribution in [3.8, 4) is 0 Å². The van der Waals surface area contributed by atoms with Crippen molar-refractivity contribution in [1.82, 2.24) is 0 Å². The second-order valence-electron chi connectivity index (χ2n) is 3.99. The second-order valence-corrected chi connectivity index (χ2v) is 3.99. The van der Waals surface area contributed by atoms with Gasteiger partial charge >= 0.3 is 5.97 Å². The number of hydrogen-bond donors (Lipinski definition) is 3. The van der Waals surface area contributed by atoms with Gasteiger partial charge in [-0.15, -0.1) is 0 Å². The number of carboxylic acids is 1. The molecule has 6 nitrogen and oxygen atoms in total. The fraction of sp³-hybridized carbons (Fsp3) is 0.700. The molecule has 0 amide bonds. The predicted octanol–water partition coefficient (Wildman–Crippen LogP) is -0.631. The van der Waals surface area contributed by atoms with Crippen LogP contribution in [0.3, 0.4) is 0 Å². The van der Waals surface area contributed by atoms with E-state index in [1.807, 2.05) is 0 Å². The summed E-state index contributed by atoms with van der Waals surface area (Å²) in [5.41, 5.74) is -2.17. The normalized spacial score (nSPS) is 14.6. The third-order valence-electron chi connectivity index (χ3n) is 2.08. The second kappa shape index (κ2) is 5.72. The number of carbonyl (C=O) groups excluding carboxylic acids is 2. The van der Waals surface area contributed by atoms with Gasteiger partial charge in [0.1, 0.15) is 12.2 Å². The van der Waals surface area contributed by atoms with Crippen LogP contribution < -0.4 is 0 Å². The Bertz CT molecular complexity index is 296. The van der Waals surface area contributed by atoms with Crippen LogP contribution in [0.15, 0.2) is 0 Å². The highest BCUT2D eigenvalue weighted by Crippen LogP contribution is 2.17. The highest BCUT2D eigenvalue weighted by Gasteiger charge is 2.38. The molecule has 0 saturated heterocycles. The Morgan fingerprint density at radius 1 is 1.25 bits per heavy atom. The third kappa shape index (κ3) is 4.08. The lowest BCUT2D eigenvalue weighted by Crippen LogP contribution is -2.46. The van der Waals surface area contributed by atoms with Crippen LogP contribution in [0.4, 0.5) is 0 Å². The van der Waals surface area contributed by atoms with Crippen LogP contribution in [0.25, 0.3) is 0 Å². The smallest absolute Gasteiger partial charge is 0.310 e. The van der Waals surface area contributed by atoms with Crippen LogP contribution in [0.2, 0.25) is 0 Å². The van der Waals surface area contributed by atoms with Crippen molar-refractivity contribution in [3.05, 3.63) is 0 Å². The molecular formula is C10H16O6. The van der Waals surface area contributed by atoms with Gasteiger partial charge in [0.25, 0.3) is 0 Å². The van der Waals surface area contributed by atoms with E-state index in [4.69, 9.17) is 10.2 Å². The summed E-state index contributed by atoms with van der Waals surface area (Å²) in [6.07, 6.45) is -1.44. The van der Waals surface area contributed by atoms with Crippen molar-refractivity contribution in [3.63, 3.8) is 0 Å². The van der Waals surface area contributed by atoms with Gasteiger partial charge in [0.05, 0.1) is 6.61 Å². The Morgan fingerprint density at radius 2 is 1.75 bits per heavy atom. The minimum Gasteiger partial charge on any atom is -0.481 e. The summed E-state index contributed by atoms with van der Waals surface area (Å²) in [5.74, 6) is -3.34. The van der Waals surface area contributed by atoms with Crippen LogP contribution in [0, 0.1) is 5.92 Å². The fourth-order valence-corrected chi connectivity index (χ4v) is 1.32. The summed E-state index contributed by atoms with van der Waals surface area (Å²) in [6, 6.07) is 0. The highest BCUT2D eigenvalue weighted by atomic mass is 16.4.